The first-order chi connectivity index (χ1) is 6.81. The molecular formula is C9H20O5S. The Labute approximate surface area is 95.2 Å². The molecule has 0 aromatic carbocycles. The Morgan fingerprint density at radius 3 is 1.60 bits per heavy atom. The highest BCUT2D eigenvalue weighted by Crippen LogP contribution is 2.10. The summed E-state index contributed by atoms with van der Waals surface area (Å²) in [4.78, 5) is 9.76. The van der Waals surface area contributed by atoms with Crippen molar-refractivity contribution >= 4 is 18.6 Å². The van der Waals surface area contributed by atoms with E-state index in [0.29, 0.717) is 0 Å². The van der Waals surface area contributed by atoms with Gasteiger partial charge in [-0.2, -0.15) is 12.6 Å². The van der Waals surface area contributed by atoms with Gasteiger partial charge in [-0.05, 0) is 0 Å². The predicted octanol–water partition coefficient (Wildman–Crippen LogP) is -0.251. The Kier molecular flexibility index (Phi) is 10.2. The number of aliphatic hydroxyl groups is 3. The SMILES string of the molecule is CC(CO)(CO)CO.CC(S)CC(=O)O. The number of aliphatic carboxylic acids is 1. The normalized spacial score (nSPS) is 12.7. The Bertz CT molecular complexity index is 160. The minimum Gasteiger partial charge on any atom is -0.481 e. The number of hydrogen-bond acceptors (Lipinski definition) is 5. The highest BCUT2D eigenvalue weighted by molar-refractivity contribution is 7.80. The zero-order chi connectivity index (χ0) is 12.5. The summed E-state index contributed by atoms with van der Waals surface area (Å²) in [7, 11) is 0. The van der Waals surface area contributed by atoms with Crippen LogP contribution in [0.5, 0.6) is 0 Å². The molecule has 0 bridgehead atoms. The van der Waals surface area contributed by atoms with Crippen LogP contribution in [0.25, 0.3) is 0 Å². The van der Waals surface area contributed by atoms with Crippen LogP contribution in [0.2, 0.25) is 0 Å². The maximum atomic E-state index is 9.76. The van der Waals surface area contributed by atoms with Gasteiger partial charge in [0.25, 0.3) is 0 Å². The minimum atomic E-state index is -0.789. The molecule has 0 aliphatic carbocycles. The summed E-state index contributed by atoms with van der Waals surface area (Å²) in [5.74, 6) is -0.789. The van der Waals surface area contributed by atoms with Gasteiger partial charge in [0, 0.05) is 10.7 Å². The van der Waals surface area contributed by atoms with Crippen molar-refractivity contribution in [2.75, 3.05) is 19.8 Å². The average molecular weight is 240 g/mol. The van der Waals surface area contributed by atoms with Crippen molar-refractivity contribution in [2.24, 2.45) is 5.41 Å². The molecule has 0 fully saturated rings. The molecule has 0 aliphatic rings. The number of carboxylic acids is 1. The fraction of sp³-hybridized carbons (Fsp3) is 0.889. The molecule has 1 atom stereocenters. The minimum absolute atomic E-state index is 0.0301. The summed E-state index contributed by atoms with van der Waals surface area (Å²) >= 11 is 3.86. The molecule has 0 saturated heterocycles. The van der Waals surface area contributed by atoms with Crippen LogP contribution in [0.3, 0.4) is 0 Å². The molecule has 0 aromatic heterocycles. The summed E-state index contributed by atoms with van der Waals surface area (Å²) in [6.45, 7) is 2.81. The van der Waals surface area contributed by atoms with Gasteiger partial charge < -0.3 is 20.4 Å². The van der Waals surface area contributed by atoms with E-state index in [1.54, 1.807) is 13.8 Å². The van der Waals surface area contributed by atoms with Crippen molar-refractivity contribution in [3.63, 3.8) is 0 Å². The number of aliphatic hydroxyl groups excluding tert-OH is 3. The van der Waals surface area contributed by atoms with Crippen LogP contribution in [-0.2, 0) is 4.79 Å². The molecule has 15 heavy (non-hydrogen) atoms. The van der Waals surface area contributed by atoms with Gasteiger partial charge in [-0.3, -0.25) is 4.79 Å². The lowest BCUT2D eigenvalue weighted by atomic mass is 9.95. The smallest absolute Gasteiger partial charge is 0.304 e. The van der Waals surface area contributed by atoms with Gasteiger partial charge >= 0.3 is 5.97 Å². The number of rotatable bonds is 5. The lowest BCUT2D eigenvalue weighted by Gasteiger charge is -2.20. The summed E-state index contributed by atoms with van der Waals surface area (Å²) in [5.41, 5.74) is -0.708. The van der Waals surface area contributed by atoms with Crippen LogP contribution in [0.1, 0.15) is 20.3 Å². The van der Waals surface area contributed by atoms with Gasteiger partial charge in [0.05, 0.1) is 26.2 Å². The molecule has 0 aliphatic heterocycles. The van der Waals surface area contributed by atoms with Gasteiger partial charge in [0.15, 0.2) is 0 Å². The van der Waals surface area contributed by atoms with Crippen molar-refractivity contribution in [3.05, 3.63) is 0 Å². The second kappa shape index (κ2) is 8.96. The Balaban J connectivity index is 0. The van der Waals surface area contributed by atoms with E-state index in [-0.39, 0.29) is 31.5 Å². The van der Waals surface area contributed by atoms with Crippen LogP contribution in [0, 0.1) is 5.41 Å². The Morgan fingerprint density at radius 2 is 1.60 bits per heavy atom. The van der Waals surface area contributed by atoms with Crippen molar-refractivity contribution in [3.8, 4) is 0 Å². The third-order valence-corrected chi connectivity index (χ3v) is 1.80. The van der Waals surface area contributed by atoms with Crippen LogP contribution >= 0.6 is 12.6 Å². The van der Waals surface area contributed by atoms with Crippen LogP contribution in [0.15, 0.2) is 0 Å². The van der Waals surface area contributed by atoms with E-state index in [9.17, 15) is 4.79 Å². The molecule has 0 spiro atoms. The van der Waals surface area contributed by atoms with Crippen LogP contribution in [-0.4, -0.2) is 51.5 Å². The number of carboxylic acid groups (broad SMARTS) is 1. The third-order valence-electron chi connectivity index (χ3n) is 1.62. The zero-order valence-corrected chi connectivity index (χ0v) is 9.94. The Morgan fingerprint density at radius 1 is 1.27 bits per heavy atom. The second-order valence-electron chi connectivity index (χ2n) is 3.73. The summed E-state index contributed by atoms with van der Waals surface area (Å²) in [6, 6.07) is 0. The molecular weight excluding hydrogens is 220 g/mol. The average Bonchev–Trinajstić information content (AvgIpc) is 2.15. The molecule has 92 valence electrons. The topological polar surface area (TPSA) is 98.0 Å². The molecule has 0 saturated carbocycles. The molecule has 1 unspecified atom stereocenters. The molecule has 0 heterocycles. The second-order valence-corrected chi connectivity index (χ2v) is 4.61. The molecule has 0 radical (unpaired) electrons. The van der Waals surface area contributed by atoms with Crippen molar-refractivity contribution < 1.29 is 25.2 Å². The maximum Gasteiger partial charge on any atom is 0.304 e. The van der Waals surface area contributed by atoms with E-state index < -0.39 is 11.4 Å². The first kappa shape index (κ1) is 17.1. The van der Waals surface area contributed by atoms with Gasteiger partial charge in [0.2, 0.25) is 0 Å². The predicted molar refractivity (Wildman–Crippen MR) is 60.1 cm³/mol. The van der Waals surface area contributed by atoms with Crippen molar-refractivity contribution in [1.29, 1.82) is 0 Å². The monoisotopic (exact) mass is 240 g/mol. The first-order valence-electron chi connectivity index (χ1n) is 4.53. The number of carbonyl (C=O) groups is 1. The molecule has 0 aromatic rings. The first-order valence-corrected chi connectivity index (χ1v) is 5.05. The van der Waals surface area contributed by atoms with Crippen LogP contribution < -0.4 is 0 Å². The Hall–Kier alpha value is -0.300. The molecule has 0 amide bonds. The van der Waals surface area contributed by atoms with Gasteiger partial charge in [-0.25, -0.2) is 0 Å². The van der Waals surface area contributed by atoms with Crippen molar-refractivity contribution in [1.82, 2.24) is 0 Å². The maximum absolute atomic E-state index is 9.76. The fourth-order valence-electron chi connectivity index (χ4n) is 0.403. The van der Waals surface area contributed by atoms with Crippen LogP contribution in [0.4, 0.5) is 0 Å². The van der Waals surface area contributed by atoms with E-state index in [4.69, 9.17) is 20.4 Å². The molecule has 6 heteroatoms. The summed E-state index contributed by atoms with van der Waals surface area (Å²) in [5, 5.41) is 33.4. The fourth-order valence-corrected chi connectivity index (χ4v) is 0.559. The van der Waals surface area contributed by atoms with Crippen molar-refractivity contribution in [2.45, 2.75) is 25.5 Å². The van der Waals surface area contributed by atoms with E-state index in [0.717, 1.165) is 0 Å². The molecule has 5 nitrogen and oxygen atoms in total. The summed E-state index contributed by atoms with van der Waals surface area (Å²) < 4.78 is 0. The van der Waals surface area contributed by atoms with E-state index >= 15 is 0 Å². The number of thiol groups is 1. The lowest BCUT2D eigenvalue weighted by molar-refractivity contribution is -0.136. The van der Waals surface area contributed by atoms with E-state index in [1.165, 1.54) is 0 Å². The number of hydrogen-bond donors (Lipinski definition) is 5. The quantitative estimate of drug-likeness (QED) is 0.427. The van der Waals surface area contributed by atoms with Gasteiger partial charge in [-0.15, -0.1) is 0 Å². The highest BCUT2D eigenvalue weighted by atomic mass is 32.1. The lowest BCUT2D eigenvalue weighted by Crippen LogP contribution is -2.29. The van der Waals surface area contributed by atoms with E-state index in [1.807, 2.05) is 0 Å². The summed E-state index contributed by atoms with van der Waals surface area (Å²) in [6.07, 6.45) is 0.142. The zero-order valence-electron chi connectivity index (χ0n) is 9.05. The molecule has 4 N–H and O–H groups in total. The standard InChI is InChI=1S/C5H12O3.C4H8O2S/c1-5(2-6,3-7)4-8;1-3(7)2-4(5)6/h6-8H,2-4H2,1H3;3,7H,2H2,1H3,(H,5,6). The third kappa shape index (κ3) is 11.6. The van der Waals surface area contributed by atoms with Gasteiger partial charge in [-0.1, -0.05) is 13.8 Å². The largest absolute Gasteiger partial charge is 0.481 e. The van der Waals surface area contributed by atoms with E-state index in [2.05, 4.69) is 12.6 Å². The van der Waals surface area contributed by atoms with Gasteiger partial charge in [0.1, 0.15) is 0 Å². The highest BCUT2D eigenvalue weighted by Gasteiger charge is 2.20. The molecule has 0 rings (SSSR count).